The third-order valence-corrected chi connectivity index (χ3v) is 4.77. The first-order valence-corrected chi connectivity index (χ1v) is 8.47. The normalized spacial score (nSPS) is 24.9. The van der Waals surface area contributed by atoms with E-state index in [2.05, 4.69) is 22.1 Å². The van der Waals surface area contributed by atoms with Crippen molar-refractivity contribution < 1.29 is 13.9 Å². The molecule has 2 saturated heterocycles. The van der Waals surface area contributed by atoms with Crippen LogP contribution in [0, 0.1) is 5.92 Å². The van der Waals surface area contributed by atoms with E-state index >= 15 is 0 Å². The van der Waals surface area contributed by atoms with Crippen molar-refractivity contribution in [1.82, 2.24) is 10.2 Å². The first-order valence-electron chi connectivity index (χ1n) is 8.47. The SMILES string of the molecule is CN=C(NCCc1ccco1)N1CCCC(C2(C)OCCO2)C1. The van der Waals surface area contributed by atoms with Crippen LogP contribution in [0.2, 0.25) is 0 Å². The van der Waals surface area contributed by atoms with Gasteiger partial charge in [0.1, 0.15) is 5.76 Å². The van der Waals surface area contributed by atoms with Crippen LogP contribution in [0.1, 0.15) is 25.5 Å². The number of nitrogens with zero attached hydrogens (tertiary/aromatic N) is 2. The second kappa shape index (κ2) is 7.36. The Hall–Kier alpha value is -1.53. The summed E-state index contributed by atoms with van der Waals surface area (Å²) in [5.41, 5.74) is 0. The number of hydrogen-bond acceptors (Lipinski definition) is 4. The second-order valence-electron chi connectivity index (χ2n) is 6.30. The Morgan fingerprint density at radius 2 is 2.26 bits per heavy atom. The monoisotopic (exact) mass is 321 g/mol. The summed E-state index contributed by atoms with van der Waals surface area (Å²) < 4.78 is 17.1. The van der Waals surface area contributed by atoms with Crippen molar-refractivity contribution in [2.24, 2.45) is 10.9 Å². The summed E-state index contributed by atoms with van der Waals surface area (Å²) in [5.74, 6) is 1.88. The average molecular weight is 321 g/mol. The van der Waals surface area contributed by atoms with Crippen LogP contribution in [0.5, 0.6) is 0 Å². The van der Waals surface area contributed by atoms with Crippen LogP contribution in [0.15, 0.2) is 27.8 Å². The van der Waals surface area contributed by atoms with Gasteiger partial charge in [-0.1, -0.05) is 0 Å². The molecule has 0 spiro atoms. The molecule has 2 fully saturated rings. The van der Waals surface area contributed by atoms with Crippen molar-refractivity contribution in [2.75, 3.05) is 39.9 Å². The molecule has 6 heteroatoms. The molecule has 1 unspecified atom stereocenters. The fourth-order valence-corrected chi connectivity index (χ4v) is 3.45. The smallest absolute Gasteiger partial charge is 0.193 e. The lowest BCUT2D eigenvalue weighted by atomic mass is 9.90. The third-order valence-electron chi connectivity index (χ3n) is 4.77. The van der Waals surface area contributed by atoms with Gasteiger partial charge in [0.15, 0.2) is 11.7 Å². The van der Waals surface area contributed by atoms with E-state index in [1.807, 2.05) is 19.2 Å². The second-order valence-corrected chi connectivity index (χ2v) is 6.30. The molecule has 0 aliphatic carbocycles. The van der Waals surface area contributed by atoms with Gasteiger partial charge in [-0.05, 0) is 31.9 Å². The number of hydrogen-bond donors (Lipinski definition) is 1. The number of likely N-dealkylation sites (tertiary alicyclic amines) is 1. The van der Waals surface area contributed by atoms with Crippen LogP contribution in [0.3, 0.4) is 0 Å². The molecular weight excluding hydrogens is 294 g/mol. The fourth-order valence-electron chi connectivity index (χ4n) is 3.45. The van der Waals surface area contributed by atoms with Gasteiger partial charge in [-0.15, -0.1) is 0 Å². The number of rotatable bonds is 4. The van der Waals surface area contributed by atoms with Gasteiger partial charge in [0, 0.05) is 39.0 Å². The maximum absolute atomic E-state index is 5.85. The highest BCUT2D eigenvalue weighted by Crippen LogP contribution is 2.34. The van der Waals surface area contributed by atoms with Crippen LogP contribution in [-0.2, 0) is 15.9 Å². The minimum Gasteiger partial charge on any atom is -0.469 e. The van der Waals surface area contributed by atoms with Crippen molar-refractivity contribution in [3.05, 3.63) is 24.2 Å². The third kappa shape index (κ3) is 3.87. The Balaban J connectivity index is 1.53. The molecule has 6 nitrogen and oxygen atoms in total. The number of furan rings is 1. The Morgan fingerprint density at radius 3 is 2.96 bits per heavy atom. The van der Waals surface area contributed by atoms with Gasteiger partial charge in [0.25, 0.3) is 0 Å². The fraction of sp³-hybridized carbons (Fsp3) is 0.706. The predicted molar refractivity (Wildman–Crippen MR) is 88.4 cm³/mol. The maximum Gasteiger partial charge on any atom is 0.193 e. The van der Waals surface area contributed by atoms with Crippen molar-refractivity contribution in [2.45, 2.75) is 32.0 Å². The van der Waals surface area contributed by atoms with Crippen LogP contribution in [0.25, 0.3) is 0 Å². The first kappa shape index (κ1) is 16.3. The number of nitrogens with one attached hydrogen (secondary N) is 1. The highest BCUT2D eigenvalue weighted by Gasteiger charge is 2.42. The molecule has 2 aliphatic heterocycles. The van der Waals surface area contributed by atoms with E-state index in [1.165, 1.54) is 0 Å². The maximum atomic E-state index is 5.85. The zero-order valence-electron chi connectivity index (χ0n) is 14.1. The number of aliphatic imine (C=N–C) groups is 1. The zero-order chi connectivity index (χ0) is 16.1. The molecule has 0 saturated carbocycles. The van der Waals surface area contributed by atoms with Gasteiger partial charge in [-0.3, -0.25) is 4.99 Å². The lowest BCUT2D eigenvalue weighted by Crippen LogP contribution is -2.52. The Kier molecular flexibility index (Phi) is 5.23. The van der Waals surface area contributed by atoms with Crippen LogP contribution in [0.4, 0.5) is 0 Å². The molecule has 1 aromatic rings. The summed E-state index contributed by atoms with van der Waals surface area (Å²) in [6.45, 7) is 6.21. The summed E-state index contributed by atoms with van der Waals surface area (Å²) in [6, 6.07) is 3.92. The molecule has 0 amide bonds. The van der Waals surface area contributed by atoms with Gasteiger partial charge in [-0.25, -0.2) is 0 Å². The average Bonchev–Trinajstić information content (AvgIpc) is 3.24. The summed E-state index contributed by atoms with van der Waals surface area (Å²) in [4.78, 5) is 6.75. The lowest BCUT2D eigenvalue weighted by Gasteiger charge is -2.41. The Morgan fingerprint density at radius 1 is 1.43 bits per heavy atom. The topological polar surface area (TPSA) is 59.2 Å². The first-order chi connectivity index (χ1) is 11.2. The van der Waals surface area contributed by atoms with Gasteiger partial charge in [0.05, 0.1) is 19.5 Å². The van der Waals surface area contributed by atoms with Crippen LogP contribution in [-0.4, -0.2) is 56.5 Å². The van der Waals surface area contributed by atoms with E-state index in [1.54, 1.807) is 6.26 Å². The molecule has 0 bridgehead atoms. The number of ether oxygens (including phenoxy) is 2. The van der Waals surface area contributed by atoms with Crippen molar-refractivity contribution in [1.29, 1.82) is 0 Å². The molecule has 0 radical (unpaired) electrons. The van der Waals surface area contributed by atoms with Crippen LogP contribution < -0.4 is 5.32 Å². The molecule has 2 aliphatic rings. The highest BCUT2D eigenvalue weighted by atomic mass is 16.7. The zero-order valence-corrected chi connectivity index (χ0v) is 14.1. The van der Waals surface area contributed by atoms with Crippen molar-refractivity contribution in [3.63, 3.8) is 0 Å². The quantitative estimate of drug-likeness (QED) is 0.678. The Bertz CT molecular complexity index is 509. The summed E-state index contributed by atoms with van der Waals surface area (Å²) in [5, 5.41) is 3.44. The van der Waals surface area contributed by atoms with E-state index in [4.69, 9.17) is 13.9 Å². The molecule has 3 heterocycles. The minimum atomic E-state index is -0.439. The van der Waals surface area contributed by atoms with Gasteiger partial charge >= 0.3 is 0 Å². The molecule has 1 atom stereocenters. The summed E-state index contributed by atoms with van der Waals surface area (Å²) in [7, 11) is 1.84. The molecular formula is C17H27N3O3. The van der Waals surface area contributed by atoms with Crippen molar-refractivity contribution >= 4 is 5.96 Å². The van der Waals surface area contributed by atoms with E-state index in [0.717, 1.165) is 50.6 Å². The summed E-state index contributed by atoms with van der Waals surface area (Å²) >= 11 is 0. The standard InChI is InChI=1S/C17H27N3O3/c1-17(22-11-12-23-17)14-5-3-9-20(13-14)16(18-2)19-8-7-15-6-4-10-21-15/h4,6,10,14H,3,5,7-9,11-13H2,1-2H3,(H,18,19). The molecule has 128 valence electrons. The van der Waals surface area contributed by atoms with E-state index in [-0.39, 0.29) is 0 Å². The highest BCUT2D eigenvalue weighted by molar-refractivity contribution is 5.80. The summed E-state index contributed by atoms with van der Waals surface area (Å²) in [6.07, 6.45) is 4.83. The van der Waals surface area contributed by atoms with E-state index in [9.17, 15) is 0 Å². The molecule has 1 N–H and O–H groups in total. The number of guanidine groups is 1. The predicted octanol–water partition coefficient (Wildman–Crippen LogP) is 1.87. The lowest BCUT2D eigenvalue weighted by molar-refractivity contribution is -0.189. The van der Waals surface area contributed by atoms with Crippen LogP contribution >= 0.6 is 0 Å². The van der Waals surface area contributed by atoms with Crippen molar-refractivity contribution in [3.8, 4) is 0 Å². The van der Waals surface area contributed by atoms with Gasteiger partial charge in [-0.2, -0.15) is 0 Å². The van der Waals surface area contributed by atoms with E-state index in [0.29, 0.717) is 19.1 Å². The molecule has 1 aromatic heterocycles. The largest absolute Gasteiger partial charge is 0.469 e. The van der Waals surface area contributed by atoms with Gasteiger partial charge < -0.3 is 24.1 Å². The van der Waals surface area contributed by atoms with Gasteiger partial charge in [0.2, 0.25) is 0 Å². The van der Waals surface area contributed by atoms with E-state index < -0.39 is 5.79 Å². The molecule has 3 rings (SSSR count). The minimum absolute atomic E-state index is 0.377. The number of piperidine rings is 1. The molecule has 23 heavy (non-hydrogen) atoms. The molecule has 0 aromatic carbocycles. The Labute approximate surface area is 137 Å².